The first-order valence-corrected chi connectivity index (χ1v) is 11.3. The molecule has 0 aliphatic rings. The van der Waals surface area contributed by atoms with Gasteiger partial charge in [0.05, 0.1) is 9.79 Å². The maximum Gasteiger partial charge on any atom is 0.261 e. The molecule has 0 radical (unpaired) electrons. The first kappa shape index (κ1) is 19.9. The Labute approximate surface area is 157 Å². The number of hydrogen-bond donors (Lipinski definition) is 1. The third-order valence-corrected chi connectivity index (χ3v) is 7.51. The second-order valence-corrected chi connectivity index (χ2v) is 9.71. The van der Waals surface area contributed by atoms with E-state index in [1.807, 2.05) is 0 Å². The fourth-order valence-corrected chi connectivity index (χ4v) is 5.18. The van der Waals surface area contributed by atoms with E-state index in [1.54, 1.807) is 38.1 Å². The zero-order chi connectivity index (χ0) is 18.7. The first-order valence-electron chi connectivity index (χ1n) is 7.59. The van der Waals surface area contributed by atoms with Gasteiger partial charge in [0.1, 0.15) is 0 Å². The second kappa shape index (κ2) is 7.86. The van der Waals surface area contributed by atoms with Crippen LogP contribution in [-0.4, -0.2) is 34.2 Å². The van der Waals surface area contributed by atoms with Crippen molar-refractivity contribution in [1.82, 2.24) is 4.31 Å². The molecule has 0 spiro atoms. The van der Waals surface area contributed by atoms with Crippen molar-refractivity contribution in [3.8, 4) is 0 Å². The SMILES string of the molecule is CCN(CC)S(=O)(=O)c1ccc(S(=O)(=O)Nc2cccc(Br)c2)cc1. The Morgan fingerprint density at radius 3 is 2.00 bits per heavy atom. The molecule has 0 aromatic heterocycles. The van der Waals surface area contributed by atoms with Crippen LogP contribution in [0.2, 0.25) is 0 Å². The van der Waals surface area contributed by atoms with E-state index in [0.717, 1.165) is 4.47 Å². The van der Waals surface area contributed by atoms with Crippen LogP contribution in [0.5, 0.6) is 0 Å². The number of rotatable bonds is 7. The zero-order valence-corrected chi connectivity index (χ0v) is 17.0. The Morgan fingerprint density at radius 1 is 0.920 bits per heavy atom. The van der Waals surface area contributed by atoms with E-state index < -0.39 is 20.0 Å². The van der Waals surface area contributed by atoms with Gasteiger partial charge >= 0.3 is 0 Å². The number of halogens is 1. The summed E-state index contributed by atoms with van der Waals surface area (Å²) in [5.74, 6) is 0. The molecular weight excluding hydrogens is 428 g/mol. The van der Waals surface area contributed by atoms with Crippen molar-refractivity contribution in [3.63, 3.8) is 0 Å². The molecule has 0 amide bonds. The highest BCUT2D eigenvalue weighted by Gasteiger charge is 2.22. The molecule has 2 aromatic rings. The van der Waals surface area contributed by atoms with Gasteiger partial charge in [-0.05, 0) is 42.5 Å². The number of nitrogens with one attached hydrogen (secondary N) is 1. The minimum Gasteiger partial charge on any atom is -0.280 e. The molecule has 1 N–H and O–H groups in total. The standard InChI is InChI=1S/C16H19BrN2O4S2/c1-3-19(4-2)25(22,23)16-10-8-15(9-11-16)24(20,21)18-14-7-5-6-13(17)12-14/h5-12,18H,3-4H2,1-2H3. The van der Waals surface area contributed by atoms with E-state index in [-0.39, 0.29) is 9.79 Å². The minimum absolute atomic E-state index is 0.00836. The Balaban J connectivity index is 2.30. The van der Waals surface area contributed by atoms with Gasteiger partial charge in [-0.15, -0.1) is 0 Å². The van der Waals surface area contributed by atoms with Gasteiger partial charge in [0.15, 0.2) is 0 Å². The van der Waals surface area contributed by atoms with Crippen LogP contribution >= 0.6 is 15.9 Å². The molecule has 9 heteroatoms. The highest BCUT2D eigenvalue weighted by Crippen LogP contribution is 2.22. The van der Waals surface area contributed by atoms with E-state index in [2.05, 4.69) is 20.7 Å². The summed E-state index contributed by atoms with van der Waals surface area (Å²) in [6.07, 6.45) is 0. The van der Waals surface area contributed by atoms with Gasteiger partial charge in [0.25, 0.3) is 10.0 Å². The fraction of sp³-hybridized carbons (Fsp3) is 0.250. The average molecular weight is 447 g/mol. The van der Waals surface area contributed by atoms with Crippen LogP contribution in [0, 0.1) is 0 Å². The smallest absolute Gasteiger partial charge is 0.261 e. The second-order valence-electron chi connectivity index (χ2n) is 5.18. The molecule has 2 aromatic carbocycles. The molecule has 0 aliphatic carbocycles. The lowest BCUT2D eigenvalue weighted by Gasteiger charge is -2.18. The van der Waals surface area contributed by atoms with Crippen LogP contribution < -0.4 is 4.72 Å². The number of anilines is 1. The van der Waals surface area contributed by atoms with Crippen molar-refractivity contribution in [2.45, 2.75) is 23.6 Å². The molecule has 0 saturated carbocycles. The third kappa shape index (κ3) is 4.60. The quantitative estimate of drug-likeness (QED) is 0.706. The van der Waals surface area contributed by atoms with Crippen molar-refractivity contribution >= 4 is 41.7 Å². The highest BCUT2D eigenvalue weighted by molar-refractivity contribution is 9.10. The maximum atomic E-state index is 12.4. The van der Waals surface area contributed by atoms with Gasteiger partial charge in [-0.1, -0.05) is 35.8 Å². The Bertz CT molecular complexity index is 938. The van der Waals surface area contributed by atoms with E-state index in [4.69, 9.17) is 0 Å². The summed E-state index contributed by atoms with van der Waals surface area (Å²) in [4.78, 5) is 0.0589. The van der Waals surface area contributed by atoms with Crippen LogP contribution in [0.15, 0.2) is 62.8 Å². The minimum atomic E-state index is -3.80. The maximum absolute atomic E-state index is 12.4. The predicted octanol–water partition coefficient (Wildman–Crippen LogP) is 3.28. The predicted molar refractivity (Wildman–Crippen MR) is 101 cm³/mol. The van der Waals surface area contributed by atoms with Gasteiger partial charge in [-0.3, -0.25) is 4.72 Å². The van der Waals surface area contributed by atoms with E-state index in [9.17, 15) is 16.8 Å². The molecule has 0 heterocycles. The highest BCUT2D eigenvalue weighted by atomic mass is 79.9. The van der Waals surface area contributed by atoms with Crippen molar-refractivity contribution in [2.75, 3.05) is 17.8 Å². The van der Waals surface area contributed by atoms with Crippen LogP contribution in [0.1, 0.15) is 13.8 Å². The number of sulfonamides is 2. The molecule has 0 fully saturated rings. The summed E-state index contributed by atoms with van der Waals surface area (Å²) in [7, 11) is -7.42. The Hall–Kier alpha value is -1.42. The number of nitrogens with zero attached hydrogens (tertiary/aromatic N) is 1. The van der Waals surface area contributed by atoms with Crippen LogP contribution in [0.4, 0.5) is 5.69 Å². The van der Waals surface area contributed by atoms with Gasteiger partial charge < -0.3 is 0 Å². The molecule has 2 rings (SSSR count). The van der Waals surface area contributed by atoms with E-state index in [0.29, 0.717) is 18.8 Å². The van der Waals surface area contributed by atoms with Crippen molar-refractivity contribution in [2.24, 2.45) is 0 Å². The van der Waals surface area contributed by atoms with Crippen LogP contribution in [0.3, 0.4) is 0 Å². The van der Waals surface area contributed by atoms with E-state index >= 15 is 0 Å². The van der Waals surface area contributed by atoms with Crippen LogP contribution in [-0.2, 0) is 20.0 Å². The molecule has 25 heavy (non-hydrogen) atoms. The first-order chi connectivity index (χ1) is 11.7. The summed E-state index contributed by atoms with van der Waals surface area (Å²) >= 11 is 3.28. The van der Waals surface area contributed by atoms with Crippen LogP contribution in [0.25, 0.3) is 0 Å². The van der Waals surface area contributed by atoms with Crippen molar-refractivity contribution in [3.05, 3.63) is 53.0 Å². The Kier molecular flexibility index (Phi) is 6.26. The molecule has 0 bridgehead atoms. The molecule has 0 aliphatic heterocycles. The lowest BCUT2D eigenvalue weighted by atomic mass is 10.3. The zero-order valence-electron chi connectivity index (χ0n) is 13.8. The van der Waals surface area contributed by atoms with E-state index in [1.165, 1.54) is 28.6 Å². The molecule has 136 valence electrons. The van der Waals surface area contributed by atoms with Crippen molar-refractivity contribution in [1.29, 1.82) is 0 Å². The molecule has 6 nitrogen and oxygen atoms in total. The van der Waals surface area contributed by atoms with Crippen molar-refractivity contribution < 1.29 is 16.8 Å². The van der Waals surface area contributed by atoms with Gasteiger partial charge in [-0.25, -0.2) is 16.8 Å². The lowest BCUT2D eigenvalue weighted by molar-refractivity contribution is 0.445. The summed E-state index contributed by atoms with van der Waals surface area (Å²) in [6.45, 7) is 4.20. The number of hydrogen-bond acceptors (Lipinski definition) is 4. The number of benzene rings is 2. The lowest BCUT2D eigenvalue weighted by Crippen LogP contribution is -2.30. The average Bonchev–Trinajstić information content (AvgIpc) is 2.55. The normalized spacial score (nSPS) is 12.3. The summed E-state index contributed by atoms with van der Waals surface area (Å²) in [5.41, 5.74) is 0.411. The third-order valence-electron chi connectivity index (χ3n) is 3.55. The molecule has 0 atom stereocenters. The van der Waals surface area contributed by atoms with Gasteiger partial charge in [-0.2, -0.15) is 4.31 Å². The monoisotopic (exact) mass is 446 g/mol. The largest absolute Gasteiger partial charge is 0.280 e. The summed E-state index contributed by atoms with van der Waals surface area (Å²) in [5, 5.41) is 0. The fourth-order valence-electron chi connectivity index (χ4n) is 2.27. The summed E-state index contributed by atoms with van der Waals surface area (Å²) < 4.78 is 54.3. The molecule has 0 saturated heterocycles. The Morgan fingerprint density at radius 2 is 1.48 bits per heavy atom. The summed E-state index contributed by atoms with van der Waals surface area (Å²) in [6, 6.07) is 11.9. The topological polar surface area (TPSA) is 83.6 Å². The van der Waals surface area contributed by atoms with Gasteiger partial charge in [0.2, 0.25) is 10.0 Å². The molecule has 0 unspecified atom stereocenters. The molecular formula is C16H19BrN2O4S2. The van der Waals surface area contributed by atoms with Gasteiger partial charge in [0, 0.05) is 23.2 Å².